The molecule has 2 aromatic carbocycles. The average molecular weight is 278 g/mol. The van der Waals surface area contributed by atoms with Crippen molar-refractivity contribution in [3.8, 4) is 34.5 Å². The predicted octanol–water partition coefficient (Wildman–Crippen LogP) is 3.33. The van der Waals surface area contributed by atoms with E-state index in [-0.39, 0.29) is 5.78 Å². The molecule has 0 saturated carbocycles. The van der Waals surface area contributed by atoms with Gasteiger partial charge in [0, 0.05) is 16.7 Å². The highest BCUT2D eigenvalue weighted by Crippen LogP contribution is 2.37. The van der Waals surface area contributed by atoms with Gasteiger partial charge in [0.2, 0.25) is 0 Å². The molecule has 0 fully saturated rings. The molecule has 0 spiro atoms. The Morgan fingerprint density at radius 1 is 0.952 bits per heavy atom. The van der Waals surface area contributed by atoms with Gasteiger partial charge in [-0.3, -0.25) is 4.79 Å². The van der Waals surface area contributed by atoms with Gasteiger partial charge in [-0.2, -0.15) is 0 Å². The maximum Gasteiger partial charge on any atom is 0.159 e. The molecule has 0 saturated heterocycles. The minimum absolute atomic E-state index is 0.0214. The van der Waals surface area contributed by atoms with E-state index in [0.717, 1.165) is 16.9 Å². The van der Waals surface area contributed by atoms with Crippen molar-refractivity contribution in [3.63, 3.8) is 0 Å². The molecule has 21 heavy (non-hydrogen) atoms. The van der Waals surface area contributed by atoms with Crippen LogP contribution in [0.25, 0.3) is 11.1 Å². The highest BCUT2D eigenvalue weighted by molar-refractivity contribution is 5.96. The zero-order chi connectivity index (χ0) is 14.7. The number of carbonyl (C=O) groups is 1. The lowest BCUT2D eigenvalue weighted by Gasteiger charge is -2.15. The van der Waals surface area contributed by atoms with E-state index in [0.29, 0.717) is 24.5 Å². The fraction of sp³-hybridized carbons (Fsp3) is 0.167. The van der Waals surface area contributed by atoms with Gasteiger partial charge in [0.15, 0.2) is 5.78 Å². The first-order valence-corrected chi connectivity index (χ1v) is 6.71. The van der Waals surface area contributed by atoms with Crippen LogP contribution in [0.2, 0.25) is 0 Å². The number of benzene rings is 2. The van der Waals surface area contributed by atoms with Crippen molar-refractivity contribution < 1.29 is 14.3 Å². The van der Waals surface area contributed by atoms with Gasteiger partial charge in [-0.1, -0.05) is 30.0 Å². The van der Waals surface area contributed by atoms with Crippen LogP contribution in [0.5, 0.6) is 11.5 Å². The summed E-state index contributed by atoms with van der Waals surface area (Å²) in [5, 5.41) is 0. The Kier molecular flexibility index (Phi) is 3.61. The Balaban J connectivity index is 2.20. The number of fused-ring (bicyclic) bond motifs is 3. The maximum absolute atomic E-state index is 11.6. The first-order chi connectivity index (χ1) is 10.3. The molecule has 0 unspecified atom stereocenters. The lowest BCUT2D eigenvalue weighted by Crippen LogP contribution is -2.03. The quantitative estimate of drug-likeness (QED) is 0.593. The molecule has 0 bridgehead atoms. The second-order valence-electron chi connectivity index (χ2n) is 4.69. The third-order valence-corrected chi connectivity index (χ3v) is 3.29. The summed E-state index contributed by atoms with van der Waals surface area (Å²) >= 11 is 0. The lowest BCUT2D eigenvalue weighted by atomic mass is 9.99. The van der Waals surface area contributed by atoms with Crippen LogP contribution in [0.15, 0.2) is 42.5 Å². The standard InChI is InChI=1S/C18H14O3/c1-13(19)14-8-9-18-16(12-14)15-6-2-3-7-17(15)20-10-4-5-11-21-18/h2-3,6-9,12H,10-11H2,1H3. The zero-order valence-corrected chi connectivity index (χ0v) is 11.7. The molecule has 0 aliphatic carbocycles. The molecule has 3 heteroatoms. The first kappa shape index (κ1) is 13.3. The fourth-order valence-corrected chi connectivity index (χ4v) is 2.23. The van der Waals surface area contributed by atoms with Crippen LogP contribution in [0.3, 0.4) is 0 Å². The summed E-state index contributed by atoms with van der Waals surface area (Å²) in [6.07, 6.45) is 0. The Morgan fingerprint density at radius 2 is 1.62 bits per heavy atom. The number of ketones is 1. The van der Waals surface area contributed by atoms with E-state index >= 15 is 0 Å². The average Bonchev–Trinajstić information content (AvgIpc) is 2.51. The monoisotopic (exact) mass is 278 g/mol. The van der Waals surface area contributed by atoms with Crippen LogP contribution < -0.4 is 9.47 Å². The Labute approximate surface area is 123 Å². The van der Waals surface area contributed by atoms with Crippen LogP contribution in [0, 0.1) is 11.8 Å². The topological polar surface area (TPSA) is 35.5 Å². The largest absolute Gasteiger partial charge is 0.480 e. The molecule has 1 aliphatic heterocycles. The third kappa shape index (κ3) is 2.75. The van der Waals surface area contributed by atoms with Gasteiger partial charge in [0.1, 0.15) is 24.7 Å². The molecule has 1 heterocycles. The van der Waals surface area contributed by atoms with Gasteiger partial charge in [-0.25, -0.2) is 0 Å². The molecule has 2 aromatic rings. The van der Waals surface area contributed by atoms with Crippen molar-refractivity contribution in [2.45, 2.75) is 6.92 Å². The van der Waals surface area contributed by atoms with Gasteiger partial charge >= 0.3 is 0 Å². The molecule has 3 nitrogen and oxygen atoms in total. The second-order valence-corrected chi connectivity index (χ2v) is 4.69. The van der Waals surface area contributed by atoms with Crippen molar-refractivity contribution in [2.75, 3.05) is 13.2 Å². The second kappa shape index (κ2) is 5.72. The minimum Gasteiger partial charge on any atom is -0.480 e. The van der Waals surface area contributed by atoms with E-state index in [1.54, 1.807) is 13.0 Å². The number of carbonyl (C=O) groups excluding carboxylic acids is 1. The molecule has 104 valence electrons. The van der Waals surface area contributed by atoms with E-state index < -0.39 is 0 Å². The predicted molar refractivity (Wildman–Crippen MR) is 80.6 cm³/mol. The summed E-state index contributed by atoms with van der Waals surface area (Å²) in [6, 6.07) is 13.1. The number of Topliss-reactive ketones (excluding diaryl/α,β-unsaturated/α-hetero) is 1. The molecular weight excluding hydrogens is 264 g/mol. The summed E-state index contributed by atoms with van der Waals surface area (Å²) < 4.78 is 11.4. The summed E-state index contributed by atoms with van der Waals surface area (Å²) in [5.74, 6) is 7.26. The van der Waals surface area contributed by atoms with E-state index in [1.165, 1.54) is 0 Å². The summed E-state index contributed by atoms with van der Waals surface area (Å²) in [4.78, 5) is 11.6. The van der Waals surface area contributed by atoms with Crippen molar-refractivity contribution in [1.82, 2.24) is 0 Å². The SMILES string of the molecule is CC(=O)c1ccc2c(c1)-c1ccccc1OCC#CCO2. The van der Waals surface area contributed by atoms with Gasteiger partial charge in [-0.05, 0) is 31.2 Å². The summed E-state index contributed by atoms with van der Waals surface area (Å²) in [6.45, 7) is 2.18. The highest BCUT2D eigenvalue weighted by Gasteiger charge is 2.14. The van der Waals surface area contributed by atoms with E-state index in [2.05, 4.69) is 11.8 Å². The summed E-state index contributed by atoms with van der Waals surface area (Å²) in [7, 11) is 0. The van der Waals surface area contributed by atoms with Gasteiger partial charge in [0.25, 0.3) is 0 Å². The van der Waals surface area contributed by atoms with Crippen LogP contribution in [0.4, 0.5) is 0 Å². The highest BCUT2D eigenvalue weighted by atomic mass is 16.5. The first-order valence-electron chi connectivity index (χ1n) is 6.71. The zero-order valence-electron chi connectivity index (χ0n) is 11.7. The van der Waals surface area contributed by atoms with Crippen molar-refractivity contribution in [3.05, 3.63) is 48.0 Å². The third-order valence-electron chi connectivity index (χ3n) is 3.29. The minimum atomic E-state index is 0.0214. The van der Waals surface area contributed by atoms with E-state index in [1.807, 2.05) is 36.4 Å². The normalized spacial score (nSPS) is 12.6. The number of hydrogen-bond acceptors (Lipinski definition) is 3. The Hall–Kier alpha value is -2.73. The van der Waals surface area contributed by atoms with Crippen LogP contribution in [-0.4, -0.2) is 19.0 Å². The van der Waals surface area contributed by atoms with Crippen LogP contribution in [0.1, 0.15) is 17.3 Å². The molecule has 0 atom stereocenters. The number of para-hydroxylation sites is 1. The molecule has 0 radical (unpaired) electrons. The molecular formula is C18H14O3. The van der Waals surface area contributed by atoms with E-state index in [9.17, 15) is 4.79 Å². The van der Waals surface area contributed by atoms with Gasteiger partial charge in [-0.15, -0.1) is 0 Å². The smallest absolute Gasteiger partial charge is 0.159 e. The number of ether oxygens (including phenoxy) is 2. The lowest BCUT2D eigenvalue weighted by molar-refractivity contribution is 0.101. The van der Waals surface area contributed by atoms with Crippen LogP contribution >= 0.6 is 0 Å². The van der Waals surface area contributed by atoms with Gasteiger partial charge in [0.05, 0.1) is 0 Å². The van der Waals surface area contributed by atoms with Crippen molar-refractivity contribution >= 4 is 5.78 Å². The molecule has 0 N–H and O–H groups in total. The molecule has 0 amide bonds. The van der Waals surface area contributed by atoms with Crippen molar-refractivity contribution in [1.29, 1.82) is 0 Å². The maximum atomic E-state index is 11.6. The number of hydrogen-bond donors (Lipinski definition) is 0. The fourth-order valence-electron chi connectivity index (χ4n) is 2.23. The Morgan fingerprint density at radius 3 is 2.33 bits per heavy atom. The number of rotatable bonds is 1. The Bertz CT molecular complexity index is 751. The summed E-state index contributed by atoms with van der Waals surface area (Å²) in [5.41, 5.74) is 2.40. The molecule has 1 aliphatic rings. The molecule has 0 aromatic heterocycles. The van der Waals surface area contributed by atoms with Gasteiger partial charge < -0.3 is 9.47 Å². The van der Waals surface area contributed by atoms with E-state index in [4.69, 9.17) is 9.47 Å². The van der Waals surface area contributed by atoms with Crippen molar-refractivity contribution in [2.24, 2.45) is 0 Å². The van der Waals surface area contributed by atoms with Crippen LogP contribution in [-0.2, 0) is 0 Å². The molecule has 3 rings (SSSR count).